The zero-order chi connectivity index (χ0) is 17.7. The van der Waals surface area contributed by atoms with Crippen LogP contribution >= 0.6 is 0 Å². The Morgan fingerprint density at radius 1 is 1.12 bits per heavy atom. The van der Waals surface area contributed by atoms with Gasteiger partial charge in [0.05, 0.1) is 0 Å². The van der Waals surface area contributed by atoms with Gasteiger partial charge in [0, 0.05) is 24.9 Å². The molecule has 1 fully saturated rings. The molecule has 1 saturated heterocycles. The lowest BCUT2D eigenvalue weighted by Crippen LogP contribution is -2.45. The third kappa shape index (κ3) is 4.34. The molecule has 0 unspecified atom stereocenters. The van der Waals surface area contributed by atoms with Gasteiger partial charge in [-0.15, -0.1) is 0 Å². The lowest BCUT2D eigenvalue weighted by atomic mass is 9.94. The van der Waals surface area contributed by atoms with E-state index in [1.807, 2.05) is 13.8 Å². The second-order valence-electron chi connectivity index (χ2n) is 6.44. The molecule has 6 nitrogen and oxygen atoms in total. The van der Waals surface area contributed by atoms with Gasteiger partial charge in [-0.3, -0.25) is 9.59 Å². The fourth-order valence-electron chi connectivity index (χ4n) is 2.92. The van der Waals surface area contributed by atoms with E-state index in [9.17, 15) is 19.5 Å². The van der Waals surface area contributed by atoms with Gasteiger partial charge in [-0.2, -0.15) is 0 Å². The molecule has 130 valence electrons. The quantitative estimate of drug-likeness (QED) is 0.861. The lowest BCUT2D eigenvalue weighted by molar-refractivity contribution is -0.143. The molecule has 2 amide bonds. The zero-order valence-electron chi connectivity index (χ0n) is 14.1. The standard InChI is InChI=1S/C18H24N2O4/c1-12(2)17(22)20-10-8-14(9-11-20)16(21)19-15(18(23)24)13-6-4-3-5-7-13/h3-7,12,14-15H,8-11H2,1-2H3,(H,19,21)(H,23,24)/t15-/m1/s1. The number of carbonyl (C=O) groups is 3. The minimum absolute atomic E-state index is 0.0511. The number of carboxylic acids is 1. The van der Waals surface area contributed by atoms with Gasteiger partial charge in [-0.05, 0) is 18.4 Å². The second kappa shape index (κ2) is 7.95. The second-order valence-corrected chi connectivity index (χ2v) is 6.44. The number of hydrogen-bond acceptors (Lipinski definition) is 3. The minimum atomic E-state index is -1.08. The average Bonchev–Trinajstić information content (AvgIpc) is 2.59. The Hall–Kier alpha value is -2.37. The predicted molar refractivity (Wildman–Crippen MR) is 89.1 cm³/mol. The first-order chi connectivity index (χ1) is 11.4. The molecule has 24 heavy (non-hydrogen) atoms. The number of carboxylic acid groups (broad SMARTS) is 1. The number of amides is 2. The fraction of sp³-hybridized carbons (Fsp3) is 0.500. The van der Waals surface area contributed by atoms with Crippen molar-refractivity contribution in [3.63, 3.8) is 0 Å². The molecule has 1 aromatic rings. The summed E-state index contributed by atoms with van der Waals surface area (Å²) in [5, 5.41) is 12.0. The molecular formula is C18H24N2O4. The van der Waals surface area contributed by atoms with Crippen LogP contribution in [0.15, 0.2) is 30.3 Å². The van der Waals surface area contributed by atoms with Crippen molar-refractivity contribution in [1.29, 1.82) is 0 Å². The Kier molecular flexibility index (Phi) is 5.95. The molecule has 6 heteroatoms. The number of carbonyl (C=O) groups excluding carboxylic acids is 2. The number of nitrogens with one attached hydrogen (secondary N) is 1. The number of aliphatic carboxylic acids is 1. The smallest absolute Gasteiger partial charge is 0.330 e. The van der Waals surface area contributed by atoms with Crippen molar-refractivity contribution in [2.75, 3.05) is 13.1 Å². The topological polar surface area (TPSA) is 86.7 Å². The van der Waals surface area contributed by atoms with Gasteiger partial charge in [0.15, 0.2) is 6.04 Å². The van der Waals surface area contributed by atoms with Crippen LogP contribution in [0.4, 0.5) is 0 Å². The summed E-state index contributed by atoms with van der Waals surface area (Å²) in [5.41, 5.74) is 0.547. The van der Waals surface area contributed by atoms with Crippen molar-refractivity contribution in [2.24, 2.45) is 11.8 Å². The van der Waals surface area contributed by atoms with Crippen LogP contribution in [0.3, 0.4) is 0 Å². The van der Waals surface area contributed by atoms with Crippen molar-refractivity contribution in [3.05, 3.63) is 35.9 Å². The third-order valence-electron chi connectivity index (χ3n) is 4.34. The summed E-state index contributed by atoms with van der Waals surface area (Å²) in [6.07, 6.45) is 1.12. The number of nitrogens with zero attached hydrogens (tertiary/aromatic N) is 1. The van der Waals surface area contributed by atoms with Gasteiger partial charge < -0.3 is 15.3 Å². The van der Waals surface area contributed by atoms with Gasteiger partial charge in [0.1, 0.15) is 0 Å². The van der Waals surface area contributed by atoms with Crippen LogP contribution in [-0.2, 0) is 14.4 Å². The van der Waals surface area contributed by atoms with Crippen molar-refractivity contribution < 1.29 is 19.5 Å². The largest absolute Gasteiger partial charge is 0.479 e. The summed E-state index contributed by atoms with van der Waals surface area (Å²) in [7, 11) is 0. The molecule has 0 spiro atoms. The Morgan fingerprint density at radius 3 is 2.21 bits per heavy atom. The Balaban J connectivity index is 1.95. The first-order valence-corrected chi connectivity index (χ1v) is 8.27. The number of likely N-dealkylation sites (tertiary alicyclic amines) is 1. The summed E-state index contributed by atoms with van der Waals surface area (Å²) in [4.78, 5) is 37.6. The first kappa shape index (κ1) is 18.0. The zero-order valence-corrected chi connectivity index (χ0v) is 14.1. The van der Waals surface area contributed by atoms with Gasteiger partial charge in [0.25, 0.3) is 0 Å². The molecule has 2 N–H and O–H groups in total. The maximum atomic E-state index is 12.4. The summed E-state index contributed by atoms with van der Waals surface area (Å²) in [5.74, 6) is -1.55. The SMILES string of the molecule is CC(C)C(=O)N1CCC(C(=O)N[C@@H](C(=O)O)c2ccccc2)CC1. The maximum absolute atomic E-state index is 12.4. The van der Waals surface area contributed by atoms with Crippen LogP contribution in [-0.4, -0.2) is 40.9 Å². The highest BCUT2D eigenvalue weighted by molar-refractivity contribution is 5.86. The number of benzene rings is 1. The van der Waals surface area contributed by atoms with Crippen molar-refractivity contribution >= 4 is 17.8 Å². The van der Waals surface area contributed by atoms with Gasteiger partial charge >= 0.3 is 5.97 Å². The maximum Gasteiger partial charge on any atom is 0.330 e. The van der Waals surface area contributed by atoms with Crippen molar-refractivity contribution in [1.82, 2.24) is 10.2 Å². The molecule has 1 aliphatic rings. The predicted octanol–water partition coefficient (Wildman–Crippen LogP) is 1.82. The minimum Gasteiger partial charge on any atom is -0.479 e. The molecule has 1 aromatic carbocycles. The molecule has 0 bridgehead atoms. The molecule has 1 heterocycles. The first-order valence-electron chi connectivity index (χ1n) is 8.27. The molecule has 0 radical (unpaired) electrons. The van der Waals surface area contributed by atoms with E-state index in [4.69, 9.17) is 0 Å². The van der Waals surface area contributed by atoms with E-state index in [0.717, 1.165) is 0 Å². The van der Waals surface area contributed by atoms with E-state index >= 15 is 0 Å². The molecular weight excluding hydrogens is 308 g/mol. The molecule has 1 aliphatic heterocycles. The van der Waals surface area contributed by atoms with Gasteiger partial charge in [-0.1, -0.05) is 44.2 Å². The third-order valence-corrected chi connectivity index (χ3v) is 4.34. The van der Waals surface area contributed by atoms with Crippen LogP contribution in [0.5, 0.6) is 0 Å². The van der Waals surface area contributed by atoms with Crippen LogP contribution in [0.1, 0.15) is 38.3 Å². The Labute approximate surface area is 141 Å². The monoisotopic (exact) mass is 332 g/mol. The van der Waals surface area contributed by atoms with E-state index in [-0.39, 0.29) is 23.7 Å². The van der Waals surface area contributed by atoms with Crippen molar-refractivity contribution in [2.45, 2.75) is 32.7 Å². The lowest BCUT2D eigenvalue weighted by Gasteiger charge is -2.33. The highest BCUT2D eigenvalue weighted by atomic mass is 16.4. The fourth-order valence-corrected chi connectivity index (χ4v) is 2.92. The Morgan fingerprint density at radius 2 is 1.71 bits per heavy atom. The van der Waals surface area contributed by atoms with E-state index in [2.05, 4.69) is 5.32 Å². The highest BCUT2D eigenvalue weighted by Crippen LogP contribution is 2.21. The molecule has 2 rings (SSSR count). The summed E-state index contributed by atoms with van der Waals surface area (Å²) < 4.78 is 0. The summed E-state index contributed by atoms with van der Waals surface area (Å²) >= 11 is 0. The van der Waals surface area contributed by atoms with E-state index < -0.39 is 12.0 Å². The van der Waals surface area contributed by atoms with Crippen LogP contribution < -0.4 is 5.32 Å². The van der Waals surface area contributed by atoms with Gasteiger partial charge in [0.2, 0.25) is 11.8 Å². The molecule has 0 aromatic heterocycles. The number of piperidine rings is 1. The molecule has 0 saturated carbocycles. The normalized spacial score (nSPS) is 16.7. The average molecular weight is 332 g/mol. The number of rotatable bonds is 5. The van der Waals surface area contributed by atoms with Crippen LogP contribution in [0.25, 0.3) is 0 Å². The summed E-state index contributed by atoms with van der Waals surface area (Å²) in [6, 6.07) is 7.60. The van der Waals surface area contributed by atoms with E-state index in [1.54, 1.807) is 35.2 Å². The highest BCUT2D eigenvalue weighted by Gasteiger charge is 2.31. The van der Waals surface area contributed by atoms with E-state index in [1.165, 1.54) is 0 Å². The van der Waals surface area contributed by atoms with Crippen LogP contribution in [0.2, 0.25) is 0 Å². The Bertz CT molecular complexity index is 592. The van der Waals surface area contributed by atoms with Crippen molar-refractivity contribution in [3.8, 4) is 0 Å². The van der Waals surface area contributed by atoms with E-state index in [0.29, 0.717) is 31.5 Å². The van der Waals surface area contributed by atoms with Crippen LogP contribution in [0, 0.1) is 11.8 Å². The molecule has 1 atom stereocenters. The number of hydrogen-bond donors (Lipinski definition) is 2. The summed E-state index contributed by atoms with van der Waals surface area (Å²) in [6.45, 7) is 4.80. The van der Waals surface area contributed by atoms with Gasteiger partial charge in [-0.25, -0.2) is 4.79 Å². The molecule has 0 aliphatic carbocycles.